The topological polar surface area (TPSA) is 58.1 Å². The molecule has 0 aliphatic rings. The van der Waals surface area contributed by atoms with Crippen LogP contribution in [-0.4, -0.2) is 25.4 Å². The van der Waals surface area contributed by atoms with Crippen molar-refractivity contribution in [3.63, 3.8) is 0 Å². The van der Waals surface area contributed by atoms with Crippen molar-refractivity contribution in [3.8, 4) is 0 Å². The number of benzene rings is 1. The zero-order valence-electron chi connectivity index (χ0n) is 10.1. The molecule has 2 rings (SSSR count). The molecule has 17 heavy (non-hydrogen) atoms. The number of fused-ring (bicyclic) bond motifs is 1. The molecule has 1 heterocycles. The molecule has 4 nitrogen and oxygen atoms in total. The maximum Gasteiger partial charge on any atom is 0.144 e. The lowest BCUT2D eigenvalue weighted by atomic mass is 10.2. The Bertz CT molecular complexity index is 581. The van der Waals surface area contributed by atoms with Gasteiger partial charge >= 0.3 is 0 Å². The first-order valence-corrected chi connectivity index (χ1v) is 6.47. The molecule has 1 unspecified atom stereocenters. The second kappa shape index (κ2) is 4.41. The van der Waals surface area contributed by atoms with Gasteiger partial charge in [0.15, 0.2) is 0 Å². The Labute approximate surface area is 103 Å². The summed E-state index contributed by atoms with van der Waals surface area (Å²) in [5.74, 6) is 0. The highest BCUT2D eigenvalue weighted by Gasteiger charge is 2.18. The number of aromatic nitrogens is 2. The Hall–Kier alpha value is -1.49. The number of rotatable bonds is 2. The summed E-state index contributed by atoms with van der Waals surface area (Å²) in [5, 5.41) is 7.91. The number of nitrogens with zero attached hydrogens (tertiary/aromatic N) is 2. The van der Waals surface area contributed by atoms with Crippen LogP contribution in [0.5, 0.6) is 0 Å². The molecule has 0 radical (unpaired) electrons. The average Bonchev–Trinajstić information content (AvgIpc) is 2.72. The highest BCUT2D eigenvalue weighted by molar-refractivity contribution is 7.85. The molecule has 1 aromatic heterocycles. The molecule has 5 heteroatoms. The first kappa shape index (κ1) is 12.0. The van der Waals surface area contributed by atoms with Gasteiger partial charge in [0, 0.05) is 17.2 Å². The summed E-state index contributed by atoms with van der Waals surface area (Å²) in [5.41, 5.74) is 1.82. The summed E-state index contributed by atoms with van der Waals surface area (Å²) in [6.07, 6.45) is 3.40. The fraction of sp³-hybridized carbons (Fsp3) is 0.333. The smallest absolute Gasteiger partial charge is 0.144 e. The van der Waals surface area contributed by atoms with Gasteiger partial charge in [-0.25, -0.2) is 4.21 Å². The number of nitrogens with one attached hydrogen (secondary N) is 1. The van der Waals surface area contributed by atoms with E-state index < -0.39 is 11.0 Å². The predicted octanol–water partition coefficient (Wildman–Crippen LogP) is 2.44. The van der Waals surface area contributed by atoms with Crippen LogP contribution in [-0.2, 0) is 11.0 Å². The van der Waals surface area contributed by atoms with Crippen molar-refractivity contribution in [2.24, 2.45) is 4.40 Å². The molecule has 0 aliphatic carbocycles. The number of hydrogen-bond donors (Lipinski definition) is 1. The maximum atomic E-state index is 11.8. The standard InChI is InChI=1S/C12H15N3OS/c1-12(2,3)17(16)14-8-10-6-4-5-9-7-13-15-11(9)10/h4-8H,1-3H3,(H,13,15)/b14-8-. The van der Waals surface area contributed by atoms with Gasteiger partial charge < -0.3 is 0 Å². The fourth-order valence-corrected chi connectivity index (χ4v) is 1.89. The number of para-hydroxylation sites is 1. The van der Waals surface area contributed by atoms with Gasteiger partial charge in [-0.3, -0.25) is 5.10 Å². The zero-order valence-corrected chi connectivity index (χ0v) is 10.9. The average molecular weight is 249 g/mol. The summed E-state index contributed by atoms with van der Waals surface area (Å²) >= 11 is 0. The molecule has 1 N–H and O–H groups in total. The minimum atomic E-state index is -1.23. The molecule has 0 saturated heterocycles. The third-order valence-electron chi connectivity index (χ3n) is 2.32. The minimum Gasteiger partial charge on any atom is -0.277 e. The highest BCUT2D eigenvalue weighted by atomic mass is 32.2. The van der Waals surface area contributed by atoms with Crippen molar-refractivity contribution in [2.75, 3.05) is 0 Å². The van der Waals surface area contributed by atoms with Crippen LogP contribution in [0.15, 0.2) is 28.8 Å². The predicted molar refractivity (Wildman–Crippen MR) is 71.6 cm³/mol. The molecule has 0 aliphatic heterocycles. The Morgan fingerprint density at radius 3 is 2.88 bits per heavy atom. The van der Waals surface area contributed by atoms with Crippen molar-refractivity contribution in [2.45, 2.75) is 25.5 Å². The Kier molecular flexibility index (Phi) is 3.11. The Morgan fingerprint density at radius 2 is 2.18 bits per heavy atom. The molecule has 0 fully saturated rings. The van der Waals surface area contributed by atoms with Crippen LogP contribution in [0.4, 0.5) is 0 Å². The summed E-state index contributed by atoms with van der Waals surface area (Å²) < 4.78 is 15.6. The lowest BCUT2D eigenvalue weighted by molar-refractivity contribution is 0.651. The molecule has 0 amide bonds. The van der Waals surface area contributed by atoms with E-state index in [2.05, 4.69) is 14.6 Å². The van der Waals surface area contributed by atoms with Crippen molar-refractivity contribution in [3.05, 3.63) is 30.0 Å². The van der Waals surface area contributed by atoms with Crippen LogP contribution < -0.4 is 0 Å². The maximum absolute atomic E-state index is 11.8. The quantitative estimate of drug-likeness (QED) is 0.831. The molecule has 90 valence electrons. The second-order valence-corrected chi connectivity index (χ2v) is 6.71. The van der Waals surface area contributed by atoms with Gasteiger partial charge in [-0.05, 0) is 20.8 Å². The van der Waals surface area contributed by atoms with Gasteiger partial charge in [0.25, 0.3) is 0 Å². The zero-order chi connectivity index (χ0) is 12.5. The SMILES string of the molecule is CC(C)(C)S(=O)/N=C\c1cccc2cn[nH]c12. The lowest BCUT2D eigenvalue weighted by Crippen LogP contribution is -2.19. The van der Waals surface area contributed by atoms with Gasteiger partial charge in [-0.2, -0.15) is 9.50 Å². The van der Waals surface area contributed by atoms with Crippen molar-refractivity contribution < 1.29 is 4.21 Å². The van der Waals surface area contributed by atoms with E-state index in [-0.39, 0.29) is 4.75 Å². The first-order chi connectivity index (χ1) is 7.98. The van der Waals surface area contributed by atoms with Gasteiger partial charge in [-0.15, -0.1) is 0 Å². The van der Waals surface area contributed by atoms with Crippen molar-refractivity contribution in [1.29, 1.82) is 0 Å². The second-order valence-electron chi connectivity index (χ2n) is 4.78. The van der Waals surface area contributed by atoms with Gasteiger partial charge in [0.2, 0.25) is 0 Å². The molecular formula is C12H15N3OS. The van der Waals surface area contributed by atoms with Crippen molar-refractivity contribution in [1.82, 2.24) is 10.2 Å². The largest absolute Gasteiger partial charge is 0.277 e. The summed E-state index contributed by atoms with van der Waals surface area (Å²) in [6, 6.07) is 5.82. The van der Waals surface area contributed by atoms with Gasteiger partial charge in [-0.1, -0.05) is 18.2 Å². The summed E-state index contributed by atoms with van der Waals surface area (Å²) in [7, 11) is -1.23. The van der Waals surface area contributed by atoms with E-state index in [1.807, 2.05) is 39.0 Å². The van der Waals surface area contributed by atoms with E-state index in [0.29, 0.717) is 0 Å². The number of hydrogen-bond acceptors (Lipinski definition) is 2. The molecule has 2 aromatic rings. The van der Waals surface area contributed by atoms with Crippen LogP contribution in [0.3, 0.4) is 0 Å². The van der Waals surface area contributed by atoms with Gasteiger partial charge in [0.1, 0.15) is 11.0 Å². The third-order valence-corrected chi connectivity index (χ3v) is 3.66. The van der Waals surface area contributed by atoms with Gasteiger partial charge in [0.05, 0.1) is 16.5 Å². The van der Waals surface area contributed by atoms with E-state index in [1.165, 1.54) is 0 Å². The monoisotopic (exact) mass is 249 g/mol. The van der Waals surface area contributed by atoms with Crippen LogP contribution >= 0.6 is 0 Å². The summed E-state index contributed by atoms with van der Waals surface area (Å²) in [4.78, 5) is 0. The van der Waals surface area contributed by atoms with E-state index in [0.717, 1.165) is 16.5 Å². The first-order valence-electron chi connectivity index (χ1n) is 5.36. The number of H-pyrrole nitrogens is 1. The van der Waals surface area contributed by atoms with E-state index in [1.54, 1.807) is 12.4 Å². The molecule has 0 bridgehead atoms. The lowest BCUT2D eigenvalue weighted by Gasteiger charge is -2.12. The van der Waals surface area contributed by atoms with Crippen LogP contribution in [0.25, 0.3) is 10.9 Å². The summed E-state index contributed by atoms with van der Waals surface area (Å²) in [6.45, 7) is 5.70. The normalized spacial score (nSPS) is 14.5. The van der Waals surface area contributed by atoms with Crippen molar-refractivity contribution >= 4 is 28.1 Å². The number of aromatic amines is 1. The van der Waals surface area contributed by atoms with Crippen LogP contribution in [0.1, 0.15) is 26.3 Å². The molecule has 1 aromatic carbocycles. The van der Waals surface area contributed by atoms with E-state index in [9.17, 15) is 4.21 Å². The Morgan fingerprint density at radius 1 is 1.41 bits per heavy atom. The molecule has 0 spiro atoms. The minimum absolute atomic E-state index is 0.335. The molecule has 1 atom stereocenters. The highest BCUT2D eigenvalue weighted by Crippen LogP contribution is 2.15. The van der Waals surface area contributed by atoms with Crippen LogP contribution in [0.2, 0.25) is 0 Å². The molecular weight excluding hydrogens is 234 g/mol. The van der Waals surface area contributed by atoms with E-state index >= 15 is 0 Å². The fourth-order valence-electron chi connectivity index (χ4n) is 1.36. The molecule has 0 saturated carbocycles. The Balaban J connectivity index is 2.33. The van der Waals surface area contributed by atoms with E-state index in [4.69, 9.17) is 0 Å². The van der Waals surface area contributed by atoms with Crippen LogP contribution in [0, 0.1) is 0 Å². The third kappa shape index (κ3) is 2.61.